The monoisotopic (exact) mass is 413 g/mol. The van der Waals surface area contributed by atoms with Crippen LogP contribution >= 0.6 is 0 Å². The zero-order valence-corrected chi connectivity index (χ0v) is 16.6. The van der Waals surface area contributed by atoms with Crippen LogP contribution < -0.4 is 25.1 Å². The predicted octanol–water partition coefficient (Wildman–Crippen LogP) is 2.71. The summed E-state index contributed by atoms with van der Waals surface area (Å²) in [6, 6.07) is 11.8. The molecular weight excluding hydrogens is 393 g/mol. The molecule has 2 aromatic carbocycles. The number of rotatable bonds is 7. The van der Waals surface area contributed by atoms with Crippen LogP contribution in [-0.2, 0) is 11.3 Å². The number of methoxy groups -OCH3 is 3. The number of carbonyl (C=O) groups excluding carboxylic acids is 1. The zero-order valence-electron chi connectivity index (χ0n) is 16.6. The lowest BCUT2D eigenvalue weighted by Crippen LogP contribution is -2.29. The van der Waals surface area contributed by atoms with E-state index in [9.17, 15) is 14.0 Å². The number of nitrogens with zero attached hydrogens (tertiary/aromatic N) is 2. The summed E-state index contributed by atoms with van der Waals surface area (Å²) in [4.78, 5) is 24.6. The smallest absolute Gasteiger partial charge is 0.267 e. The quantitative estimate of drug-likeness (QED) is 0.640. The first kappa shape index (κ1) is 20.8. The molecule has 0 saturated carbocycles. The molecule has 30 heavy (non-hydrogen) atoms. The van der Waals surface area contributed by atoms with E-state index in [1.165, 1.54) is 39.5 Å². The van der Waals surface area contributed by atoms with Gasteiger partial charge in [-0.1, -0.05) is 12.1 Å². The van der Waals surface area contributed by atoms with Gasteiger partial charge in [0.2, 0.25) is 11.7 Å². The molecule has 0 unspecified atom stereocenters. The summed E-state index contributed by atoms with van der Waals surface area (Å²) in [5.41, 5.74) is 0.368. The van der Waals surface area contributed by atoms with Gasteiger partial charge in [-0.25, -0.2) is 9.07 Å². The van der Waals surface area contributed by atoms with E-state index < -0.39 is 17.3 Å². The third-order valence-electron chi connectivity index (χ3n) is 4.26. The van der Waals surface area contributed by atoms with Crippen LogP contribution in [0, 0.1) is 5.82 Å². The number of ether oxygens (including phenoxy) is 3. The van der Waals surface area contributed by atoms with Crippen molar-refractivity contribution in [1.29, 1.82) is 0 Å². The van der Waals surface area contributed by atoms with Crippen LogP contribution in [-0.4, -0.2) is 37.0 Å². The Morgan fingerprint density at radius 1 is 1.03 bits per heavy atom. The van der Waals surface area contributed by atoms with Crippen molar-refractivity contribution in [1.82, 2.24) is 9.78 Å². The van der Waals surface area contributed by atoms with Gasteiger partial charge in [0.25, 0.3) is 5.56 Å². The molecule has 0 fully saturated rings. The molecule has 0 atom stereocenters. The second kappa shape index (κ2) is 9.08. The molecule has 0 saturated heterocycles. The van der Waals surface area contributed by atoms with Crippen LogP contribution in [0.5, 0.6) is 17.2 Å². The number of nitrogens with one attached hydrogen (secondary N) is 1. The summed E-state index contributed by atoms with van der Waals surface area (Å²) in [6.45, 7) is -0.363. The number of aromatic nitrogens is 2. The number of hydrogen-bond donors (Lipinski definition) is 1. The maximum absolute atomic E-state index is 14.0. The van der Waals surface area contributed by atoms with Gasteiger partial charge >= 0.3 is 0 Å². The Morgan fingerprint density at radius 3 is 2.30 bits per heavy atom. The van der Waals surface area contributed by atoms with Gasteiger partial charge < -0.3 is 19.5 Å². The van der Waals surface area contributed by atoms with Crippen LogP contribution in [0.2, 0.25) is 0 Å². The number of benzene rings is 2. The van der Waals surface area contributed by atoms with E-state index in [1.807, 2.05) is 0 Å². The van der Waals surface area contributed by atoms with Gasteiger partial charge in [-0.2, -0.15) is 5.10 Å². The summed E-state index contributed by atoms with van der Waals surface area (Å²) in [5.74, 6) is 0.128. The Balaban J connectivity index is 1.84. The molecule has 0 spiro atoms. The van der Waals surface area contributed by atoms with Crippen molar-refractivity contribution in [3.63, 3.8) is 0 Å². The minimum Gasteiger partial charge on any atom is -0.493 e. The maximum Gasteiger partial charge on any atom is 0.267 e. The van der Waals surface area contributed by atoms with Crippen molar-refractivity contribution in [2.45, 2.75) is 6.54 Å². The van der Waals surface area contributed by atoms with Crippen LogP contribution in [0.25, 0.3) is 11.3 Å². The molecule has 0 aliphatic rings. The fraction of sp³-hybridized carbons (Fsp3) is 0.190. The molecule has 3 aromatic rings. The average molecular weight is 413 g/mol. The lowest BCUT2D eigenvalue weighted by molar-refractivity contribution is -0.117. The number of carbonyl (C=O) groups is 1. The second-order valence-electron chi connectivity index (χ2n) is 6.16. The van der Waals surface area contributed by atoms with Gasteiger partial charge in [0.15, 0.2) is 11.5 Å². The van der Waals surface area contributed by atoms with Crippen LogP contribution in [0.1, 0.15) is 0 Å². The SMILES string of the molecule is COc1cc(NC(=O)Cn2nc(-c3ccccc3F)ccc2=O)cc(OC)c1OC. The van der Waals surface area contributed by atoms with Gasteiger partial charge in [-0.05, 0) is 18.2 Å². The van der Waals surface area contributed by atoms with E-state index in [4.69, 9.17) is 14.2 Å². The number of halogens is 1. The molecule has 156 valence electrons. The molecule has 0 radical (unpaired) electrons. The first-order valence-corrected chi connectivity index (χ1v) is 8.89. The highest BCUT2D eigenvalue weighted by Crippen LogP contribution is 2.39. The molecule has 1 N–H and O–H groups in total. The van der Waals surface area contributed by atoms with Crippen molar-refractivity contribution in [2.75, 3.05) is 26.6 Å². The molecule has 1 amide bonds. The molecule has 9 heteroatoms. The van der Waals surface area contributed by atoms with E-state index in [2.05, 4.69) is 10.4 Å². The Bertz CT molecular complexity index is 1100. The number of hydrogen-bond acceptors (Lipinski definition) is 6. The number of amides is 1. The first-order chi connectivity index (χ1) is 14.5. The van der Waals surface area contributed by atoms with E-state index in [0.717, 1.165) is 4.68 Å². The van der Waals surface area contributed by atoms with Gasteiger partial charge in [-0.15, -0.1) is 0 Å². The Labute approximate surface area is 171 Å². The van der Waals surface area contributed by atoms with Crippen molar-refractivity contribution in [2.24, 2.45) is 0 Å². The Morgan fingerprint density at radius 2 is 1.70 bits per heavy atom. The zero-order chi connectivity index (χ0) is 21.7. The minimum atomic E-state index is -0.510. The largest absolute Gasteiger partial charge is 0.493 e. The fourth-order valence-corrected chi connectivity index (χ4v) is 2.86. The third kappa shape index (κ3) is 4.40. The summed E-state index contributed by atoms with van der Waals surface area (Å²) < 4.78 is 30.7. The van der Waals surface area contributed by atoms with Crippen LogP contribution in [0.3, 0.4) is 0 Å². The summed E-state index contributed by atoms with van der Waals surface area (Å²) in [7, 11) is 4.39. The Kier molecular flexibility index (Phi) is 6.31. The summed E-state index contributed by atoms with van der Waals surface area (Å²) in [5, 5.41) is 6.77. The molecule has 8 nitrogen and oxygen atoms in total. The summed E-state index contributed by atoms with van der Waals surface area (Å²) >= 11 is 0. The highest BCUT2D eigenvalue weighted by atomic mass is 19.1. The summed E-state index contributed by atoms with van der Waals surface area (Å²) in [6.07, 6.45) is 0. The molecule has 1 heterocycles. The molecule has 0 bridgehead atoms. The highest BCUT2D eigenvalue weighted by Gasteiger charge is 2.15. The molecule has 3 rings (SSSR count). The molecule has 0 aliphatic carbocycles. The number of anilines is 1. The lowest BCUT2D eigenvalue weighted by Gasteiger charge is -2.15. The average Bonchev–Trinajstić information content (AvgIpc) is 2.75. The second-order valence-corrected chi connectivity index (χ2v) is 6.16. The van der Waals surface area contributed by atoms with E-state index in [1.54, 1.807) is 30.3 Å². The fourth-order valence-electron chi connectivity index (χ4n) is 2.86. The van der Waals surface area contributed by atoms with Crippen molar-refractivity contribution in [3.05, 3.63) is 64.7 Å². The third-order valence-corrected chi connectivity index (χ3v) is 4.26. The van der Waals surface area contributed by atoms with Crippen LogP contribution in [0.4, 0.5) is 10.1 Å². The van der Waals surface area contributed by atoms with Gasteiger partial charge in [0.1, 0.15) is 12.4 Å². The van der Waals surface area contributed by atoms with E-state index in [-0.39, 0.29) is 17.8 Å². The standard InChI is InChI=1S/C21H20FN3O5/c1-28-17-10-13(11-18(29-2)21(17)30-3)23-19(26)12-25-20(27)9-8-16(24-25)14-6-4-5-7-15(14)22/h4-11H,12H2,1-3H3,(H,23,26). The lowest BCUT2D eigenvalue weighted by atomic mass is 10.1. The molecular formula is C21H20FN3O5. The highest BCUT2D eigenvalue weighted by molar-refractivity contribution is 5.91. The molecule has 0 aliphatic heterocycles. The predicted molar refractivity (Wildman–Crippen MR) is 109 cm³/mol. The minimum absolute atomic E-state index is 0.233. The van der Waals surface area contributed by atoms with Crippen molar-refractivity contribution in [3.8, 4) is 28.5 Å². The normalized spacial score (nSPS) is 10.4. The van der Waals surface area contributed by atoms with Crippen molar-refractivity contribution >= 4 is 11.6 Å². The van der Waals surface area contributed by atoms with E-state index in [0.29, 0.717) is 22.9 Å². The van der Waals surface area contributed by atoms with Crippen molar-refractivity contribution < 1.29 is 23.4 Å². The van der Waals surface area contributed by atoms with E-state index >= 15 is 0 Å². The van der Waals surface area contributed by atoms with Gasteiger partial charge in [-0.3, -0.25) is 9.59 Å². The topological polar surface area (TPSA) is 91.7 Å². The molecule has 1 aromatic heterocycles. The Hall–Kier alpha value is -3.88. The van der Waals surface area contributed by atoms with Gasteiger partial charge in [0.05, 0.1) is 27.0 Å². The van der Waals surface area contributed by atoms with Crippen LogP contribution in [0.15, 0.2) is 53.3 Å². The first-order valence-electron chi connectivity index (χ1n) is 8.89. The van der Waals surface area contributed by atoms with Gasteiger partial charge in [0, 0.05) is 29.4 Å². The maximum atomic E-state index is 14.0.